The van der Waals surface area contributed by atoms with E-state index in [0.29, 0.717) is 37.4 Å². The van der Waals surface area contributed by atoms with Crippen molar-refractivity contribution >= 4 is 18.7 Å². The average Bonchev–Trinajstić information content (AvgIpc) is 3.18. The Kier molecular flexibility index (Phi) is 6.69. The first kappa shape index (κ1) is 22.1. The van der Waals surface area contributed by atoms with E-state index in [1.807, 2.05) is 6.07 Å². The number of aromatic nitrogens is 3. The van der Waals surface area contributed by atoms with Gasteiger partial charge in [0, 0.05) is 31.9 Å². The average molecular weight is 413 g/mol. The summed E-state index contributed by atoms with van der Waals surface area (Å²) in [5, 5.41) is 21.8. The number of hydrogen-bond donors (Lipinski definition) is 3. The maximum atomic E-state index is 13.1. The SMILES string of the molecule is CC(=O)c1cccc2c1OB(O)[C@@H](CC(=O)C(C)(C)n1cc(CNCCN)nn1)C2. The number of hydrogen-bond acceptors (Lipinski definition) is 8. The lowest BCUT2D eigenvalue weighted by Crippen LogP contribution is -2.41. The van der Waals surface area contributed by atoms with E-state index in [9.17, 15) is 14.6 Å². The molecule has 0 unspecified atom stereocenters. The summed E-state index contributed by atoms with van der Waals surface area (Å²) in [6.07, 6.45) is 2.30. The summed E-state index contributed by atoms with van der Waals surface area (Å²) in [5.41, 5.74) is 6.51. The van der Waals surface area contributed by atoms with Crippen LogP contribution in [-0.2, 0) is 23.3 Å². The molecule has 0 amide bonds. The van der Waals surface area contributed by atoms with Crippen molar-refractivity contribution in [1.82, 2.24) is 20.3 Å². The molecule has 4 N–H and O–H groups in total. The number of ketones is 2. The second-order valence-electron chi connectivity index (χ2n) is 8.13. The van der Waals surface area contributed by atoms with Crippen LogP contribution in [-0.4, -0.2) is 51.8 Å². The number of nitrogens with one attached hydrogen (secondary N) is 1. The van der Waals surface area contributed by atoms with Gasteiger partial charge in [0.2, 0.25) is 0 Å². The van der Waals surface area contributed by atoms with Crippen LogP contribution in [0.5, 0.6) is 5.75 Å². The molecule has 1 atom stereocenters. The molecule has 0 aliphatic carbocycles. The van der Waals surface area contributed by atoms with Crippen LogP contribution in [0, 0.1) is 0 Å². The van der Waals surface area contributed by atoms with E-state index in [1.54, 1.807) is 36.9 Å². The zero-order chi connectivity index (χ0) is 21.9. The zero-order valence-corrected chi connectivity index (χ0v) is 17.6. The van der Waals surface area contributed by atoms with Crippen molar-refractivity contribution in [2.24, 2.45) is 5.73 Å². The fraction of sp³-hybridized carbons (Fsp3) is 0.500. The van der Waals surface area contributed by atoms with Gasteiger partial charge in [-0.15, -0.1) is 5.10 Å². The molecule has 3 rings (SSSR count). The number of para-hydroxylation sites is 1. The van der Waals surface area contributed by atoms with Crippen LogP contribution in [0.25, 0.3) is 0 Å². The van der Waals surface area contributed by atoms with E-state index in [0.717, 1.165) is 11.3 Å². The third-order valence-electron chi connectivity index (χ3n) is 5.47. The van der Waals surface area contributed by atoms with Gasteiger partial charge in [0.25, 0.3) is 0 Å². The second-order valence-corrected chi connectivity index (χ2v) is 8.13. The highest BCUT2D eigenvalue weighted by molar-refractivity contribution is 6.47. The van der Waals surface area contributed by atoms with Gasteiger partial charge in [0.15, 0.2) is 11.6 Å². The minimum Gasteiger partial charge on any atom is -0.535 e. The van der Waals surface area contributed by atoms with Crippen molar-refractivity contribution in [3.05, 3.63) is 41.2 Å². The third-order valence-corrected chi connectivity index (χ3v) is 5.47. The van der Waals surface area contributed by atoms with Crippen LogP contribution in [0.3, 0.4) is 0 Å². The molecule has 0 saturated heterocycles. The summed E-state index contributed by atoms with van der Waals surface area (Å²) in [4.78, 5) is 24.9. The fourth-order valence-corrected chi connectivity index (χ4v) is 3.52. The minimum absolute atomic E-state index is 0.0901. The highest BCUT2D eigenvalue weighted by atomic mass is 16.5. The lowest BCUT2D eigenvalue weighted by Gasteiger charge is -2.30. The molecule has 2 aromatic rings. The number of carbonyl (C=O) groups excluding carboxylic acids is 2. The molecule has 1 aliphatic heterocycles. The van der Waals surface area contributed by atoms with Gasteiger partial charge < -0.3 is 20.7 Å². The van der Waals surface area contributed by atoms with Gasteiger partial charge in [-0.3, -0.25) is 9.59 Å². The molecule has 0 saturated carbocycles. The van der Waals surface area contributed by atoms with Crippen LogP contribution in [0.1, 0.15) is 48.8 Å². The van der Waals surface area contributed by atoms with Gasteiger partial charge >= 0.3 is 7.12 Å². The van der Waals surface area contributed by atoms with Crippen LogP contribution in [0.4, 0.5) is 0 Å². The van der Waals surface area contributed by atoms with Gasteiger partial charge in [-0.2, -0.15) is 0 Å². The molecule has 160 valence electrons. The Labute approximate surface area is 176 Å². The Bertz CT molecular complexity index is 930. The highest BCUT2D eigenvalue weighted by Crippen LogP contribution is 2.37. The number of benzene rings is 1. The number of nitrogens with zero attached hydrogens (tertiary/aromatic N) is 3. The molecule has 0 spiro atoms. The molecule has 2 heterocycles. The number of carbonyl (C=O) groups is 2. The van der Waals surface area contributed by atoms with E-state index < -0.39 is 18.5 Å². The molecule has 1 aromatic carbocycles. The van der Waals surface area contributed by atoms with E-state index in [-0.39, 0.29) is 18.0 Å². The second kappa shape index (κ2) is 9.07. The summed E-state index contributed by atoms with van der Waals surface area (Å²) in [6, 6.07) is 5.32. The summed E-state index contributed by atoms with van der Waals surface area (Å²) in [5.74, 6) is -0.225. The molecule has 1 aromatic heterocycles. The quantitative estimate of drug-likeness (QED) is 0.311. The van der Waals surface area contributed by atoms with E-state index >= 15 is 0 Å². The number of fused-ring (bicyclic) bond motifs is 1. The van der Waals surface area contributed by atoms with E-state index in [4.69, 9.17) is 10.4 Å². The number of Topliss-reactive ketones (excluding diaryl/α,β-unsaturated/α-hetero) is 2. The monoisotopic (exact) mass is 413 g/mol. The molecule has 9 nitrogen and oxygen atoms in total. The van der Waals surface area contributed by atoms with Crippen molar-refractivity contribution in [2.45, 2.75) is 51.5 Å². The first-order valence-electron chi connectivity index (χ1n) is 10.1. The Hall–Kier alpha value is -2.56. The van der Waals surface area contributed by atoms with Gasteiger partial charge in [-0.05, 0) is 38.8 Å². The predicted molar refractivity (Wildman–Crippen MR) is 112 cm³/mol. The molecule has 0 bridgehead atoms. The lowest BCUT2D eigenvalue weighted by molar-refractivity contribution is -0.126. The standard InChI is InChI=1S/C20H28BN5O4/c1-13(27)17-6-4-5-14-9-15(21(29)30-19(14)17)10-18(28)20(2,3)26-12-16(24-25-26)11-23-8-7-22/h4-6,12,15,23,29H,7-11,22H2,1-3H3/t15-/m1/s1. The van der Waals surface area contributed by atoms with Gasteiger partial charge in [-0.25, -0.2) is 4.68 Å². The Morgan fingerprint density at radius 3 is 2.90 bits per heavy atom. The maximum Gasteiger partial charge on any atom is 0.526 e. The van der Waals surface area contributed by atoms with Gasteiger partial charge in [-0.1, -0.05) is 17.3 Å². The molecule has 1 aliphatic rings. The smallest absolute Gasteiger partial charge is 0.526 e. The summed E-state index contributed by atoms with van der Waals surface area (Å²) < 4.78 is 7.19. The highest BCUT2D eigenvalue weighted by Gasteiger charge is 2.41. The lowest BCUT2D eigenvalue weighted by atomic mass is 9.63. The zero-order valence-electron chi connectivity index (χ0n) is 17.6. The van der Waals surface area contributed by atoms with Crippen molar-refractivity contribution in [2.75, 3.05) is 13.1 Å². The maximum absolute atomic E-state index is 13.1. The normalized spacial score (nSPS) is 16.2. The van der Waals surface area contributed by atoms with Crippen molar-refractivity contribution < 1.29 is 19.3 Å². The summed E-state index contributed by atoms with van der Waals surface area (Å²) in [6.45, 7) is 6.73. The van der Waals surface area contributed by atoms with Crippen molar-refractivity contribution in [3.8, 4) is 5.75 Å². The van der Waals surface area contributed by atoms with Crippen LogP contribution >= 0.6 is 0 Å². The molecule has 10 heteroatoms. The fourth-order valence-electron chi connectivity index (χ4n) is 3.52. The van der Waals surface area contributed by atoms with Crippen LogP contribution in [0.2, 0.25) is 5.82 Å². The predicted octanol–water partition coefficient (Wildman–Crippen LogP) is 0.709. The molecule has 0 fully saturated rings. The molecule has 0 radical (unpaired) electrons. The largest absolute Gasteiger partial charge is 0.535 e. The first-order valence-corrected chi connectivity index (χ1v) is 10.1. The van der Waals surface area contributed by atoms with Gasteiger partial charge in [0.05, 0.1) is 17.5 Å². The molecule has 30 heavy (non-hydrogen) atoms. The van der Waals surface area contributed by atoms with Crippen LogP contribution in [0.15, 0.2) is 24.4 Å². The molecular weight excluding hydrogens is 385 g/mol. The number of rotatable bonds is 9. The Morgan fingerprint density at radius 2 is 2.20 bits per heavy atom. The first-order chi connectivity index (χ1) is 14.2. The van der Waals surface area contributed by atoms with Crippen LogP contribution < -0.4 is 15.7 Å². The molecular formula is C20H28BN5O4. The topological polar surface area (TPSA) is 132 Å². The van der Waals surface area contributed by atoms with Crippen molar-refractivity contribution in [1.29, 1.82) is 0 Å². The number of nitrogens with two attached hydrogens (primary N) is 1. The van der Waals surface area contributed by atoms with Gasteiger partial charge in [0.1, 0.15) is 11.3 Å². The van der Waals surface area contributed by atoms with E-state index in [2.05, 4.69) is 15.6 Å². The Balaban J connectivity index is 1.71. The minimum atomic E-state index is -1.16. The Morgan fingerprint density at radius 1 is 1.43 bits per heavy atom. The summed E-state index contributed by atoms with van der Waals surface area (Å²) in [7, 11) is -1.16. The van der Waals surface area contributed by atoms with Crippen molar-refractivity contribution in [3.63, 3.8) is 0 Å². The van der Waals surface area contributed by atoms with E-state index in [1.165, 1.54) is 6.92 Å². The third kappa shape index (κ3) is 4.61. The summed E-state index contributed by atoms with van der Waals surface area (Å²) >= 11 is 0.